The molecule has 1 heterocycles. The van der Waals surface area contributed by atoms with Gasteiger partial charge in [-0.1, -0.05) is 12.1 Å². The first-order valence-corrected chi connectivity index (χ1v) is 6.57. The topological polar surface area (TPSA) is 43.4 Å². The quantitative estimate of drug-likeness (QED) is 0.628. The zero-order valence-electron chi connectivity index (χ0n) is 8.06. The molecule has 0 unspecified atom stereocenters. The molecule has 0 aliphatic carbocycles. The lowest BCUT2D eigenvalue weighted by Crippen LogP contribution is -2.28. The Morgan fingerprint density at radius 1 is 1.18 bits per heavy atom. The van der Waals surface area contributed by atoms with Gasteiger partial charge in [0, 0.05) is 0 Å². The van der Waals surface area contributed by atoms with E-state index in [1.807, 2.05) is 0 Å². The highest BCUT2D eigenvalue weighted by atomic mass is 32.2. The molecule has 3 nitrogen and oxygen atoms in total. The highest BCUT2D eigenvalue weighted by Crippen LogP contribution is 2.34. The first kappa shape index (κ1) is 12.2. The van der Waals surface area contributed by atoms with Crippen molar-refractivity contribution >= 4 is 31.5 Å². The normalized spacial score (nSPS) is 12.9. The Balaban J connectivity index is 2.47. The van der Waals surface area contributed by atoms with Crippen LogP contribution >= 0.6 is 11.3 Å². The van der Waals surface area contributed by atoms with Gasteiger partial charge in [-0.25, -0.2) is 0 Å². The smallest absolute Gasteiger partial charge is 0.374 e. The van der Waals surface area contributed by atoms with E-state index in [-0.39, 0.29) is 5.75 Å². The van der Waals surface area contributed by atoms with Crippen LogP contribution in [0.2, 0.25) is 0 Å². The maximum Gasteiger partial charge on any atom is 0.534 e. The molecule has 1 aromatic heterocycles. The van der Waals surface area contributed by atoms with Gasteiger partial charge in [-0.15, -0.1) is 11.3 Å². The molecule has 8 heteroatoms. The molecule has 0 fully saturated rings. The van der Waals surface area contributed by atoms with Crippen LogP contribution in [0.1, 0.15) is 0 Å². The van der Waals surface area contributed by atoms with E-state index in [4.69, 9.17) is 0 Å². The van der Waals surface area contributed by atoms with Gasteiger partial charge in [-0.3, -0.25) is 0 Å². The molecule has 0 saturated heterocycles. The van der Waals surface area contributed by atoms with Crippen LogP contribution in [0, 0.1) is 0 Å². The maximum absolute atomic E-state index is 12.1. The lowest BCUT2D eigenvalue weighted by Gasteiger charge is -2.09. The summed E-state index contributed by atoms with van der Waals surface area (Å²) in [5, 5.41) is 2.27. The average molecular weight is 282 g/mol. The Bertz CT molecular complexity index is 643. The Morgan fingerprint density at radius 2 is 1.88 bits per heavy atom. The van der Waals surface area contributed by atoms with Crippen molar-refractivity contribution in [3.63, 3.8) is 0 Å². The summed E-state index contributed by atoms with van der Waals surface area (Å²) in [6.45, 7) is 0. The summed E-state index contributed by atoms with van der Waals surface area (Å²) in [6.07, 6.45) is 0. The summed E-state index contributed by atoms with van der Waals surface area (Å²) >= 11 is 1.11. The van der Waals surface area contributed by atoms with Crippen LogP contribution in [-0.2, 0) is 10.1 Å². The Morgan fingerprint density at radius 3 is 2.53 bits per heavy atom. The van der Waals surface area contributed by atoms with E-state index in [1.54, 1.807) is 17.5 Å². The van der Waals surface area contributed by atoms with Crippen LogP contribution in [0.4, 0.5) is 13.2 Å². The molecule has 92 valence electrons. The first-order chi connectivity index (χ1) is 7.81. The molecule has 0 N–H and O–H groups in total. The molecular formula is C9H5F3O3S2. The Hall–Kier alpha value is -1.28. The van der Waals surface area contributed by atoms with E-state index in [0.29, 0.717) is 10.1 Å². The van der Waals surface area contributed by atoms with E-state index < -0.39 is 15.6 Å². The highest BCUT2D eigenvalue weighted by molar-refractivity contribution is 7.88. The third-order valence-corrected chi connectivity index (χ3v) is 3.84. The van der Waals surface area contributed by atoms with Crippen LogP contribution in [0.5, 0.6) is 5.75 Å². The fourth-order valence-electron chi connectivity index (χ4n) is 1.20. The van der Waals surface area contributed by atoms with Gasteiger partial charge in [-0.2, -0.15) is 21.6 Å². The predicted octanol–water partition coefficient (Wildman–Crippen LogP) is 3.13. The SMILES string of the molecule is O=S(=O)(Oc1cccc2ccsc12)C(F)(F)F. The zero-order valence-corrected chi connectivity index (χ0v) is 9.69. The molecule has 17 heavy (non-hydrogen) atoms. The van der Waals surface area contributed by atoms with Crippen molar-refractivity contribution in [2.45, 2.75) is 5.51 Å². The van der Waals surface area contributed by atoms with Crippen LogP contribution in [0.15, 0.2) is 29.6 Å². The van der Waals surface area contributed by atoms with Crippen LogP contribution < -0.4 is 4.18 Å². The molecular weight excluding hydrogens is 277 g/mol. The molecule has 0 bridgehead atoms. The number of halogens is 3. The minimum atomic E-state index is -5.61. The molecule has 2 rings (SSSR count). The third kappa shape index (κ3) is 2.22. The molecule has 2 aromatic rings. The fourth-order valence-corrected chi connectivity index (χ4v) is 2.57. The predicted molar refractivity (Wildman–Crippen MR) is 57.4 cm³/mol. The molecule has 0 aliphatic rings. The summed E-state index contributed by atoms with van der Waals surface area (Å²) in [5.74, 6) is -0.310. The lowest BCUT2D eigenvalue weighted by molar-refractivity contribution is -0.0499. The second kappa shape index (κ2) is 3.88. The number of hydrogen-bond acceptors (Lipinski definition) is 4. The summed E-state index contributed by atoms with van der Waals surface area (Å²) in [4.78, 5) is 0. The van der Waals surface area contributed by atoms with E-state index in [1.165, 1.54) is 12.1 Å². The molecule has 0 atom stereocenters. The van der Waals surface area contributed by atoms with Crippen molar-refractivity contribution in [1.29, 1.82) is 0 Å². The van der Waals surface area contributed by atoms with Crippen molar-refractivity contribution in [2.24, 2.45) is 0 Å². The minimum absolute atomic E-state index is 0.310. The van der Waals surface area contributed by atoms with E-state index in [2.05, 4.69) is 4.18 Å². The zero-order chi connectivity index (χ0) is 12.7. The summed E-state index contributed by atoms with van der Waals surface area (Å²) in [7, 11) is -5.61. The third-order valence-electron chi connectivity index (χ3n) is 1.93. The van der Waals surface area contributed by atoms with Crippen molar-refractivity contribution in [2.75, 3.05) is 0 Å². The van der Waals surface area contributed by atoms with Gasteiger partial charge in [-0.05, 0) is 22.9 Å². The molecule has 1 aromatic carbocycles. The number of rotatable bonds is 2. The van der Waals surface area contributed by atoms with Crippen molar-refractivity contribution in [1.82, 2.24) is 0 Å². The lowest BCUT2D eigenvalue weighted by atomic mass is 10.2. The Labute approximate surface area is 98.6 Å². The second-order valence-electron chi connectivity index (χ2n) is 3.08. The van der Waals surface area contributed by atoms with E-state index in [9.17, 15) is 21.6 Å². The Kier molecular flexibility index (Phi) is 2.78. The molecule has 0 radical (unpaired) electrons. The first-order valence-electron chi connectivity index (χ1n) is 4.28. The maximum atomic E-state index is 12.1. The number of thiophene rings is 1. The van der Waals surface area contributed by atoms with Crippen molar-refractivity contribution < 1.29 is 25.8 Å². The van der Waals surface area contributed by atoms with Gasteiger partial charge >= 0.3 is 15.6 Å². The van der Waals surface area contributed by atoms with Gasteiger partial charge < -0.3 is 4.18 Å². The molecule has 0 spiro atoms. The summed E-state index contributed by atoms with van der Waals surface area (Å²) in [6, 6.07) is 5.92. The van der Waals surface area contributed by atoms with Crippen LogP contribution in [0.3, 0.4) is 0 Å². The van der Waals surface area contributed by atoms with Gasteiger partial charge in [0.15, 0.2) is 5.75 Å². The molecule has 0 aliphatic heterocycles. The number of fused-ring (bicyclic) bond motifs is 1. The monoisotopic (exact) mass is 282 g/mol. The van der Waals surface area contributed by atoms with Crippen molar-refractivity contribution in [3.05, 3.63) is 29.6 Å². The summed E-state index contributed by atoms with van der Waals surface area (Å²) < 4.78 is 62.6. The van der Waals surface area contributed by atoms with Gasteiger partial charge in [0.25, 0.3) is 0 Å². The minimum Gasteiger partial charge on any atom is -0.374 e. The van der Waals surface area contributed by atoms with Crippen LogP contribution in [0.25, 0.3) is 10.1 Å². The van der Waals surface area contributed by atoms with Gasteiger partial charge in [0.05, 0.1) is 4.70 Å². The standard InChI is InChI=1S/C9H5F3O3S2/c10-9(11,12)17(13,14)15-7-3-1-2-6-4-5-16-8(6)7/h1-5H. The van der Waals surface area contributed by atoms with E-state index >= 15 is 0 Å². The molecule has 0 amide bonds. The van der Waals surface area contributed by atoms with Crippen molar-refractivity contribution in [3.8, 4) is 5.75 Å². The highest BCUT2D eigenvalue weighted by Gasteiger charge is 2.48. The average Bonchev–Trinajstić information content (AvgIpc) is 2.64. The fraction of sp³-hybridized carbons (Fsp3) is 0.111. The second-order valence-corrected chi connectivity index (χ2v) is 5.53. The van der Waals surface area contributed by atoms with Crippen LogP contribution in [-0.4, -0.2) is 13.9 Å². The molecule has 0 saturated carbocycles. The number of hydrogen-bond donors (Lipinski definition) is 0. The number of benzene rings is 1. The number of alkyl halides is 3. The van der Waals surface area contributed by atoms with Gasteiger partial charge in [0.1, 0.15) is 0 Å². The van der Waals surface area contributed by atoms with E-state index in [0.717, 1.165) is 11.3 Å². The summed E-state index contributed by atoms with van der Waals surface area (Å²) in [5.41, 5.74) is -5.42. The largest absolute Gasteiger partial charge is 0.534 e. The van der Waals surface area contributed by atoms with Gasteiger partial charge in [0.2, 0.25) is 0 Å².